The van der Waals surface area contributed by atoms with Gasteiger partial charge in [-0.1, -0.05) is 12.7 Å². The predicted molar refractivity (Wildman–Crippen MR) is 43.6 cm³/mol. The zero-order chi connectivity index (χ0) is 8.04. The Labute approximate surface area is 62.4 Å². The van der Waals surface area contributed by atoms with E-state index in [4.69, 9.17) is 10.5 Å². The maximum absolute atomic E-state index is 5.58. The van der Waals surface area contributed by atoms with Crippen LogP contribution in [0.25, 0.3) is 0 Å². The molecule has 0 heterocycles. The second-order valence-corrected chi connectivity index (χ2v) is 2.31. The van der Waals surface area contributed by atoms with Crippen LogP contribution in [0, 0.1) is 0 Å². The topological polar surface area (TPSA) is 35.2 Å². The Bertz CT molecular complexity index is 118. The fourth-order valence-electron chi connectivity index (χ4n) is 0.421. The second kappa shape index (κ2) is 4.25. The Kier molecular flexibility index (Phi) is 4.00. The molecule has 1 atom stereocenters. The summed E-state index contributed by atoms with van der Waals surface area (Å²) in [5, 5.41) is 0. The normalized spacial score (nSPS) is 15.8. The highest BCUT2D eigenvalue weighted by Gasteiger charge is 2.11. The first-order chi connectivity index (χ1) is 4.62. The molecule has 0 aromatic carbocycles. The van der Waals surface area contributed by atoms with Crippen molar-refractivity contribution in [1.29, 1.82) is 0 Å². The molecule has 0 radical (unpaired) electrons. The number of hydrogen-bond acceptors (Lipinski definition) is 2. The van der Waals surface area contributed by atoms with Crippen molar-refractivity contribution in [2.24, 2.45) is 5.73 Å². The van der Waals surface area contributed by atoms with Crippen molar-refractivity contribution in [3.8, 4) is 0 Å². The smallest absolute Gasteiger partial charge is 0.132 e. The Morgan fingerprint density at radius 1 is 1.60 bits per heavy atom. The van der Waals surface area contributed by atoms with Gasteiger partial charge in [0.1, 0.15) is 5.72 Å². The van der Waals surface area contributed by atoms with Gasteiger partial charge < -0.3 is 10.5 Å². The molecule has 0 amide bonds. The van der Waals surface area contributed by atoms with Crippen LogP contribution in [0.3, 0.4) is 0 Å². The molecule has 10 heavy (non-hydrogen) atoms. The lowest BCUT2D eigenvalue weighted by Gasteiger charge is -2.19. The zero-order valence-corrected chi connectivity index (χ0v) is 6.47. The van der Waals surface area contributed by atoms with Gasteiger partial charge in [-0.2, -0.15) is 0 Å². The third-order valence-electron chi connectivity index (χ3n) is 1.14. The second-order valence-electron chi connectivity index (χ2n) is 2.31. The van der Waals surface area contributed by atoms with E-state index >= 15 is 0 Å². The SMILES string of the molecule is C=CCCOC(C)(N)C=C. The van der Waals surface area contributed by atoms with Crippen LogP contribution in [-0.2, 0) is 4.74 Å². The zero-order valence-electron chi connectivity index (χ0n) is 6.47. The lowest BCUT2D eigenvalue weighted by molar-refractivity contribution is 0.0134. The van der Waals surface area contributed by atoms with Gasteiger partial charge in [-0.3, -0.25) is 0 Å². The number of rotatable bonds is 5. The first-order valence-electron chi connectivity index (χ1n) is 3.29. The largest absolute Gasteiger partial charge is 0.357 e. The van der Waals surface area contributed by atoms with Gasteiger partial charge in [0.15, 0.2) is 0 Å². The van der Waals surface area contributed by atoms with E-state index in [2.05, 4.69) is 13.2 Å². The fraction of sp³-hybridized carbons (Fsp3) is 0.500. The summed E-state index contributed by atoms with van der Waals surface area (Å²) in [6.45, 7) is 9.46. The van der Waals surface area contributed by atoms with E-state index < -0.39 is 5.72 Å². The highest BCUT2D eigenvalue weighted by Crippen LogP contribution is 2.02. The van der Waals surface area contributed by atoms with Gasteiger partial charge in [0.25, 0.3) is 0 Å². The van der Waals surface area contributed by atoms with E-state index in [0.29, 0.717) is 6.61 Å². The molecule has 0 spiro atoms. The Hall–Kier alpha value is -0.600. The van der Waals surface area contributed by atoms with Crippen LogP contribution >= 0.6 is 0 Å². The van der Waals surface area contributed by atoms with Crippen molar-refractivity contribution in [1.82, 2.24) is 0 Å². The lowest BCUT2D eigenvalue weighted by atomic mass is 10.3. The van der Waals surface area contributed by atoms with Crippen LogP contribution in [0.4, 0.5) is 0 Å². The van der Waals surface area contributed by atoms with Gasteiger partial charge in [-0.25, -0.2) is 0 Å². The fourth-order valence-corrected chi connectivity index (χ4v) is 0.421. The molecule has 0 aliphatic rings. The maximum atomic E-state index is 5.58. The van der Waals surface area contributed by atoms with Gasteiger partial charge in [0, 0.05) is 0 Å². The van der Waals surface area contributed by atoms with Crippen molar-refractivity contribution in [2.45, 2.75) is 19.1 Å². The van der Waals surface area contributed by atoms with Gasteiger partial charge in [-0.15, -0.1) is 6.58 Å². The molecule has 0 bridgehead atoms. The molecule has 2 nitrogen and oxygen atoms in total. The molecular formula is C8H15NO. The predicted octanol–water partition coefficient (Wildman–Crippen LogP) is 1.44. The van der Waals surface area contributed by atoms with E-state index in [9.17, 15) is 0 Å². The molecule has 58 valence electrons. The molecule has 0 aliphatic heterocycles. The number of ether oxygens (including phenoxy) is 1. The number of hydrogen-bond donors (Lipinski definition) is 1. The summed E-state index contributed by atoms with van der Waals surface area (Å²) >= 11 is 0. The first-order valence-corrected chi connectivity index (χ1v) is 3.29. The van der Waals surface area contributed by atoms with E-state index in [1.165, 1.54) is 0 Å². The highest BCUT2D eigenvalue weighted by atomic mass is 16.5. The molecule has 2 heteroatoms. The highest BCUT2D eigenvalue weighted by molar-refractivity contribution is 4.88. The van der Waals surface area contributed by atoms with Gasteiger partial charge in [-0.05, 0) is 19.4 Å². The van der Waals surface area contributed by atoms with Crippen LogP contribution in [-0.4, -0.2) is 12.3 Å². The van der Waals surface area contributed by atoms with Crippen LogP contribution in [0.2, 0.25) is 0 Å². The molecule has 0 fully saturated rings. The molecule has 1 unspecified atom stereocenters. The number of nitrogens with two attached hydrogens (primary N) is 1. The minimum atomic E-state index is -0.691. The molecule has 0 saturated carbocycles. The molecule has 0 aromatic rings. The van der Waals surface area contributed by atoms with Crippen LogP contribution in [0.1, 0.15) is 13.3 Å². The van der Waals surface area contributed by atoms with Crippen LogP contribution < -0.4 is 5.73 Å². The van der Waals surface area contributed by atoms with E-state index in [1.807, 2.05) is 0 Å². The third kappa shape index (κ3) is 4.30. The standard InChI is InChI=1S/C8H15NO/c1-4-6-7-10-8(3,9)5-2/h4-5H,1-2,6-7,9H2,3H3. The van der Waals surface area contributed by atoms with Crippen molar-refractivity contribution in [3.05, 3.63) is 25.3 Å². The van der Waals surface area contributed by atoms with Crippen molar-refractivity contribution in [3.63, 3.8) is 0 Å². The van der Waals surface area contributed by atoms with E-state index in [1.54, 1.807) is 19.1 Å². The van der Waals surface area contributed by atoms with Crippen molar-refractivity contribution >= 4 is 0 Å². The van der Waals surface area contributed by atoms with Crippen LogP contribution in [0.15, 0.2) is 25.3 Å². The summed E-state index contributed by atoms with van der Waals surface area (Å²) in [5.74, 6) is 0. The molecule has 0 saturated heterocycles. The summed E-state index contributed by atoms with van der Waals surface area (Å²) in [4.78, 5) is 0. The average Bonchev–Trinajstić information content (AvgIpc) is 1.89. The Morgan fingerprint density at radius 2 is 2.20 bits per heavy atom. The van der Waals surface area contributed by atoms with Crippen LogP contribution in [0.5, 0.6) is 0 Å². The van der Waals surface area contributed by atoms with Gasteiger partial charge in [0.2, 0.25) is 0 Å². The molecule has 2 N–H and O–H groups in total. The molecule has 0 rings (SSSR count). The quantitative estimate of drug-likeness (QED) is 0.357. The van der Waals surface area contributed by atoms with Gasteiger partial charge >= 0.3 is 0 Å². The van der Waals surface area contributed by atoms with Crippen molar-refractivity contribution < 1.29 is 4.74 Å². The summed E-state index contributed by atoms with van der Waals surface area (Å²) in [7, 11) is 0. The summed E-state index contributed by atoms with van der Waals surface area (Å²) < 4.78 is 5.21. The summed E-state index contributed by atoms with van der Waals surface area (Å²) in [6.07, 6.45) is 4.19. The third-order valence-corrected chi connectivity index (χ3v) is 1.14. The lowest BCUT2D eigenvalue weighted by Crippen LogP contribution is -2.36. The molecule has 0 aliphatic carbocycles. The average molecular weight is 141 g/mol. The Morgan fingerprint density at radius 3 is 2.60 bits per heavy atom. The minimum Gasteiger partial charge on any atom is -0.357 e. The maximum Gasteiger partial charge on any atom is 0.132 e. The minimum absolute atomic E-state index is 0.600. The summed E-state index contributed by atoms with van der Waals surface area (Å²) in [6, 6.07) is 0. The Balaban J connectivity index is 3.46. The van der Waals surface area contributed by atoms with E-state index in [0.717, 1.165) is 6.42 Å². The first kappa shape index (κ1) is 9.40. The van der Waals surface area contributed by atoms with E-state index in [-0.39, 0.29) is 0 Å². The monoisotopic (exact) mass is 141 g/mol. The van der Waals surface area contributed by atoms with Gasteiger partial charge in [0.05, 0.1) is 6.61 Å². The summed E-state index contributed by atoms with van der Waals surface area (Å²) in [5.41, 5.74) is 4.89. The molecular weight excluding hydrogens is 126 g/mol. The molecule has 0 aromatic heterocycles. The van der Waals surface area contributed by atoms with Crippen molar-refractivity contribution in [2.75, 3.05) is 6.61 Å².